The van der Waals surface area contributed by atoms with Gasteiger partial charge >= 0.3 is 0 Å². The molecule has 0 atom stereocenters. The molecule has 0 saturated heterocycles. The second kappa shape index (κ2) is 9.32. The van der Waals surface area contributed by atoms with E-state index in [0.29, 0.717) is 18.0 Å². The van der Waals surface area contributed by atoms with Gasteiger partial charge in [-0.2, -0.15) is 16.9 Å². The number of aromatic nitrogens is 2. The van der Waals surface area contributed by atoms with Crippen molar-refractivity contribution in [1.82, 2.24) is 15.1 Å². The van der Waals surface area contributed by atoms with Crippen molar-refractivity contribution in [2.45, 2.75) is 12.7 Å². The molecule has 0 fully saturated rings. The predicted molar refractivity (Wildman–Crippen MR) is 109 cm³/mol. The molecule has 2 aromatic carbocycles. The van der Waals surface area contributed by atoms with E-state index in [4.69, 9.17) is 0 Å². The molecule has 3 rings (SSSR count). The number of halogens is 1. The van der Waals surface area contributed by atoms with Crippen LogP contribution in [0.5, 0.6) is 0 Å². The zero-order valence-electron chi connectivity index (χ0n) is 15.4. The van der Waals surface area contributed by atoms with Crippen LogP contribution in [0, 0.1) is 12.7 Å². The minimum absolute atomic E-state index is 0.187. The molecule has 1 N–H and O–H groups in total. The fourth-order valence-electron chi connectivity index (χ4n) is 2.66. The third-order valence-corrected chi connectivity index (χ3v) is 5.08. The van der Waals surface area contributed by atoms with E-state index in [2.05, 4.69) is 10.4 Å². The van der Waals surface area contributed by atoms with Gasteiger partial charge in [-0.25, -0.2) is 9.07 Å². The molecule has 0 bridgehead atoms. The van der Waals surface area contributed by atoms with E-state index < -0.39 is 17.2 Å². The van der Waals surface area contributed by atoms with Crippen LogP contribution in [0.15, 0.2) is 65.5 Å². The molecule has 0 unspecified atom stereocenters. The molecule has 0 spiro atoms. The second-order valence-corrected chi connectivity index (χ2v) is 7.26. The summed E-state index contributed by atoms with van der Waals surface area (Å²) in [4.78, 5) is 24.6. The zero-order valence-corrected chi connectivity index (χ0v) is 16.2. The van der Waals surface area contributed by atoms with E-state index in [0.717, 1.165) is 5.75 Å². The van der Waals surface area contributed by atoms with Crippen molar-refractivity contribution in [2.24, 2.45) is 0 Å². The topological polar surface area (TPSA) is 64.0 Å². The highest BCUT2D eigenvalue weighted by Crippen LogP contribution is 2.13. The van der Waals surface area contributed by atoms with E-state index in [9.17, 15) is 14.0 Å². The van der Waals surface area contributed by atoms with Gasteiger partial charge in [-0.15, -0.1) is 0 Å². The molecular weight excluding hydrogens is 377 g/mol. The lowest BCUT2D eigenvalue weighted by Gasteiger charge is -2.12. The van der Waals surface area contributed by atoms with E-state index in [1.807, 2.05) is 30.3 Å². The molecule has 0 aliphatic heterocycles. The van der Waals surface area contributed by atoms with Crippen molar-refractivity contribution < 1.29 is 9.18 Å². The minimum atomic E-state index is -0.560. The number of nitrogens with zero attached hydrogens (tertiary/aromatic N) is 2. The Bertz CT molecular complexity index is 1020. The second-order valence-electron chi connectivity index (χ2n) is 6.16. The molecule has 0 aliphatic carbocycles. The average Bonchev–Trinajstić information content (AvgIpc) is 2.69. The molecule has 7 heteroatoms. The summed E-state index contributed by atoms with van der Waals surface area (Å²) in [5.41, 5.74) is 1.12. The Kier molecular flexibility index (Phi) is 6.60. The van der Waals surface area contributed by atoms with E-state index in [-0.39, 0.29) is 11.4 Å². The first kappa shape index (κ1) is 19.8. The van der Waals surface area contributed by atoms with E-state index in [1.54, 1.807) is 36.9 Å². The largest absolute Gasteiger partial charge is 0.350 e. The Morgan fingerprint density at radius 3 is 2.61 bits per heavy atom. The van der Waals surface area contributed by atoms with Crippen LogP contribution in [0.3, 0.4) is 0 Å². The van der Waals surface area contributed by atoms with Crippen LogP contribution in [0.1, 0.15) is 21.7 Å². The third-order valence-electron chi connectivity index (χ3n) is 4.05. The van der Waals surface area contributed by atoms with Crippen LogP contribution in [0.25, 0.3) is 5.69 Å². The van der Waals surface area contributed by atoms with Gasteiger partial charge in [-0.3, -0.25) is 9.59 Å². The van der Waals surface area contributed by atoms with Crippen molar-refractivity contribution in [1.29, 1.82) is 0 Å². The Labute approximate surface area is 166 Å². The number of para-hydroxylation sites is 1. The van der Waals surface area contributed by atoms with Crippen LogP contribution in [-0.2, 0) is 5.75 Å². The molecule has 0 radical (unpaired) electrons. The van der Waals surface area contributed by atoms with Crippen LogP contribution < -0.4 is 10.7 Å². The molecule has 5 nitrogen and oxygen atoms in total. The fourth-order valence-corrected chi connectivity index (χ4v) is 3.48. The molecular formula is C21H20FN3O2S. The Balaban J connectivity index is 1.64. The predicted octanol–water partition coefficient (Wildman–Crippen LogP) is 3.34. The van der Waals surface area contributed by atoms with E-state index >= 15 is 0 Å². The Morgan fingerprint density at radius 1 is 1.14 bits per heavy atom. The monoisotopic (exact) mass is 397 g/mol. The van der Waals surface area contributed by atoms with Crippen LogP contribution in [-0.4, -0.2) is 28.0 Å². The van der Waals surface area contributed by atoms with Crippen molar-refractivity contribution >= 4 is 17.7 Å². The number of hydrogen-bond acceptors (Lipinski definition) is 4. The standard InChI is InChI=1S/C21H20FN3O2S/c1-15-13-19(26)20(24-25(15)18-10-6-5-9-17(18)22)21(27)23-11-12-28-14-16-7-3-2-4-8-16/h2-10,13H,11-12,14H2,1H3,(H,23,27). The molecule has 1 aromatic heterocycles. The number of thioether (sulfide) groups is 1. The minimum Gasteiger partial charge on any atom is -0.350 e. The highest BCUT2D eigenvalue weighted by Gasteiger charge is 2.16. The van der Waals surface area contributed by atoms with Gasteiger partial charge in [0.05, 0.1) is 0 Å². The number of benzene rings is 2. The summed E-state index contributed by atoms with van der Waals surface area (Å²) < 4.78 is 15.3. The lowest BCUT2D eigenvalue weighted by molar-refractivity contribution is 0.0948. The number of hydrogen-bond donors (Lipinski definition) is 1. The average molecular weight is 397 g/mol. The maximum atomic E-state index is 14.1. The number of aryl methyl sites for hydroxylation is 1. The quantitative estimate of drug-likeness (QED) is 0.621. The zero-order chi connectivity index (χ0) is 19.9. The summed E-state index contributed by atoms with van der Waals surface area (Å²) in [6.07, 6.45) is 0. The summed E-state index contributed by atoms with van der Waals surface area (Å²) in [7, 11) is 0. The molecule has 0 aliphatic rings. The first-order valence-electron chi connectivity index (χ1n) is 8.82. The first-order valence-corrected chi connectivity index (χ1v) is 9.97. The Morgan fingerprint density at radius 2 is 1.86 bits per heavy atom. The van der Waals surface area contributed by atoms with Gasteiger partial charge in [-0.05, 0) is 24.6 Å². The molecule has 144 valence electrons. The molecule has 1 amide bonds. The SMILES string of the molecule is Cc1cc(=O)c(C(=O)NCCSCc2ccccc2)nn1-c1ccccc1F. The normalized spacial score (nSPS) is 10.6. The first-order chi connectivity index (χ1) is 13.6. The highest BCUT2D eigenvalue weighted by atomic mass is 32.2. The van der Waals surface area contributed by atoms with Gasteiger partial charge in [-0.1, -0.05) is 42.5 Å². The van der Waals surface area contributed by atoms with E-state index in [1.165, 1.54) is 22.4 Å². The lowest BCUT2D eigenvalue weighted by Crippen LogP contribution is -2.33. The molecule has 3 aromatic rings. The number of carbonyl (C=O) groups is 1. The van der Waals surface area contributed by atoms with Crippen LogP contribution in [0.4, 0.5) is 4.39 Å². The number of carbonyl (C=O) groups excluding carboxylic acids is 1. The van der Waals surface area contributed by atoms with Gasteiger partial charge in [0.25, 0.3) is 5.91 Å². The molecule has 1 heterocycles. The lowest BCUT2D eigenvalue weighted by atomic mass is 10.2. The van der Waals surface area contributed by atoms with Gasteiger partial charge in [0.1, 0.15) is 11.5 Å². The van der Waals surface area contributed by atoms with Crippen molar-refractivity contribution in [3.8, 4) is 5.69 Å². The van der Waals surface area contributed by atoms with Crippen molar-refractivity contribution in [2.75, 3.05) is 12.3 Å². The maximum absolute atomic E-state index is 14.1. The number of nitrogens with one attached hydrogen (secondary N) is 1. The highest BCUT2D eigenvalue weighted by molar-refractivity contribution is 7.98. The fraction of sp³-hybridized carbons (Fsp3) is 0.190. The summed E-state index contributed by atoms with van der Waals surface area (Å²) >= 11 is 1.68. The van der Waals surface area contributed by atoms with Gasteiger partial charge < -0.3 is 5.32 Å². The summed E-state index contributed by atoms with van der Waals surface area (Å²) in [5, 5.41) is 6.80. The third kappa shape index (κ3) is 4.86. The summed E-state index contributed by atoms with van der Waals surface area (Å²) in [6.45, 7) is 2.05. The number of amides is 1. The molecule has 0 saturated carbocycles. The smallest absolute Gasteiger partial charge is 0.275 e. The van der Waals surface area contributed by atoms with Crippen LogP contribution in [0.2, 0.25) is 0 Å². The van der Waals surface area contributed by atoms with Gasteiger partial charge in [0.15, 0.2) is 5.69 Å². The van der Waals surface area contributed by atoms with Gasteiger partial charge in [0, 0.05) is 29.8 Å². The summed E-state index contributed by atoms with van der Waals surface area (Å²) in [6, 6.07) is 17.4. The summed E-state index contributed by atoms with van der Waals surface area (Å²) in [5.74, 6) is 0.508. The van der Waals surface area contributed by atoms with Crippen LogP contribution >= 0.6 is 11.8 Å². The maximum Gasteiger partial charge on any atom is 0.275 e. The van der Waals surface area contributed by atoms with Crippen molar-refractivity contribution in [3.05, 3.63) is 93.7 Å². The molecule has 28 heavy (non-hydrogen) atoms. The van der Waals surface area contributed by atoms with Gasteiger partial charge in [0.2, 0.25) is 5.43 Å². The Hall–Kier alpha value is -2.93. The number of rotatable bonds is 7. The van der Waals surface area contributed by atoms with Crippen molar-refractivity contribution in [3.63, 3.8) is 0 Å².